The first kappa shape index (κ1) is 14.4. The Morgan fingerprint density at radius 1 is 1.26 bits per heavy atom. The van der Waals surface area contributed by atoms with Crippen LogP contribution in [0.3, 0.4) is 0 Å². The van der Waals surface area contributed by atoms with Gasteiger partial charge in [-0.3, -0.25) is 0 Å². The maximum atomic E-state index is 13.7. The summed E-state index contributed by atoms with van der Waals surface area (Å²) in [4.78, 5) is -0.0167. The maximum Gasteiger partial charge on any atom is 0.127 e. The molecule has 0 amide bonds. The van der Waals surface area contributed by atoms with Crippen molar-refractivity contribution in [2.24, 2.45) is 0 Å². The van der Waals surface area contributed by atoms with Gasteiger partial charge >= 0.3 is 0 Å². The maximum absolute atomic E-state index is 13.7. The Balaban J connectivity index is 2.23. The molecule has 0 aliphatic rings. The normalized spacial score (nSPS) is 12.2. The van der Waals surface area contributed by atoms with Crippen molar-refractivity contribution >= 4 is 27.5 Å². The molecule has 0 spiro atoms. The van der Waals surface area contributed by atoms with Gasteiger partial charge in [0.25, 0.3) is 0 Å². The van der Waals surface area contributed by atoms with E-state index in [1.54, 1.807) is 19.2 Å². The number of rotatable bonds is 4. The van der Waals surface area contributed by atoms with Gasteiger partial charge in [-0.15, -0.1) is 0 Å². The highest BCUT2D eigenvalue weighted by molar-refractivity contribution is 9.09. The van der Waals surface area contributed by atoms with E-state index in [9.17, 15) is 4.39 Å². The Bertz CT molecular complexity index is 554. The van der Waals surface area contributed by atoms with Gasteiger partial charge in [0.1, 0.15) is 11.6 Å². The van der Waals surface area contributed by atoms with E-state index in [4.69, 9.17) is 16.3 Å². The summed E-state index contributed by atoms with van der Waals surface area (Å²) < 4.78 is 18.9. The third-order valence-electron chi connectivity index (χ3n) is 2.90. The van der Waals surface area contributed by atoms with Crippen LogP contribution in [0.4, 0.5) is 4.39 Å². The lowest BCUT2D eigenvalue weighted by Crippen LogP contribution is -1.99. The van der Waals surface area contributed by atoms with E-state index in [1.807, 2.05) is 24.3 Å². The van der Waals surface area contributed by atoms with E-state index in [-0.39, 0.29) is 10.6 Å². The number of halogens is 3. The first-order chi connectivity index (χ1) is 9.11. The molecule has 0 N–H and O–H groups in total. The second-order valence-corrected chi connectivity index (χ2v) is 5.66. The van der Waals surface area contributed by atoms with Crippen molar-refractivity contribution in [3.05, 3.63) is 64.4 Å². The minimum atomic E-state index is -0.278. The van der Waals surface area contributed by atoms with Gasteiger partial charge in [-0.05, 0) is 36.2 Å². The van der Waals surface area contributed by atoms with Crippen LogP contribution in [0.1, 0.15) is 16.0 Å². The summed E-state index contributed by atoms with van der Waals surface area (Å²) in [5.41, 5.74) is 1.55. The summed E-state index contributed by atoms with van der Waals surface area (Å²) in [5.74, 6) is 0.501. The molecular weight excluding hydrogens is 331 g/mol. The molecule has 0 fully saturated rings. The van der Waals surface area contributed by atoms with Crippen molar-refractivity contribution in [3.8, 4) is 5.75 Å². The lowest BCUT2D eigenvalue weighted by atomic mass is 10.0. The van der Waals surface area contributed by atoms with E-state index in [2.05, 4.69) is 15.9 Å². The molecule has 0 heterocycles. The fourth-order valence-electron chi connectivity index (χ4n) is 1.86. The molecule has 0 aliphatic heterocycles. The molecule has 0 aliphatic carbocycles. The van der Waals surface area contributed by atoms with Gasteiger partial charge in [0.2, 0.25) is 0 Å². The number of hydrogen-bond acceptors (Lipinski definition) is 1. The zero-order chi connectivity index (χ0) is 13.8. The van der Waals surface area contributed by atoms with E-state index in [0.29, 0.717) is 17.0 Å². The smallest absolute Gasteiger partial charge is 0.127 e. The van der Waals surface area contributed by atoms with E-state index >= 15 is 0 Å². The average molecular weight is 344 g/mol. The van der Waals surface area contributed by atoms with Gasteiger partial charge in [-0.1, -0.05) is 45.7 Å². The van der Waals surface area contributed by atoms with E-state index < -0.39 is 0 Å². The topological polar surface area (TPSA) is 9.23 Å². The first-order valence-electron chi connectivity index (χ1n) is 5.82. The minimum absolute atomic E-state index is 0.0167. The zero-order valence-corrected chi connectivity index (χ0v) is 12.7. The van der Waals surface area contributed by atoms with Crippen molar-refractivity contribution in [2.45, 2.75) is 11.2 Å². The number of methoxy groups -OCH3 is 1. The third-order valence-corrected chi connectivity index (χ3v) is 4.11. The summed E-state index contributed by atoms with van der Waals surface area (Å²) in [6.07, 6.45) is 0.485. The first-order valence-corrected chi connectivity index (χ1v) is 7.12. The number of alkyl halides is 1. The fourth-order valence-corrected chi connectivity index (χ4v) is 2.71. The molecule has 0 saturated carbocycles. The largest absolute Gasteiger partial charge is 0.497 e. The highest BCUT2D eigenvalue weighted by atomic mass is 79.9. The van der Waals surface area contributed by atoms with Crippen LogP contribution in [0.25, 0.3) is 0 Å². The molecule has 0 saturated heterocycles. The second-order valence-electron chi connectivity index (χ2n) is 4.15. The molecule has 0 bridgehead atoms. The monoisotopic (exact) mass is 342 g/mol. The van der Waals surface area contributed by atoms with Gasteiger partial charge in [0, 0.05) is 15.4 Å². The lowest BCUT2D eigenvalue weighted by molar-refractivity contribution is 0.414. The van der Waals surface area contributed by atoms with Gasteiger partial charge in [0.15, 0.2) is 0 Å². The van der Waals surface area contributed by atoms with Crippen LogP contribution in [-0.2, 0) is 6.42 Å². The number of benzene rings is 2. The summed E-state index contributed by atoms with van der Waals surface area (Å²) >= 11 is 9.61. The van der Waals surface area contributed by atoms with Crippen LogP contribution in [0.2, 0.25) is 5.02 Å². The van der Waals surface area contributed by atoms with E-state index in [1.165, 1.54) is 6.07 Å². The highest BCUT2D eigenvalue weighted by Crippen LogP contribution is 2.32. The summed E-state index contributed by atoms with van der Waals surface area (Å²) in [5, 5.41) is 0.451. The van der Waals surface area contributed by atoms with Crippen LogP contribution in [0.5, 0.6) is 5.75 Å². The highest BCUT2D eigenvalue weighted by Gasteiger charge is 2.14. The molecule has 0 radical (unpaired) electrons. The van der Waals surface area contributed by atoms with Gasteiger partial charge < -0.3 is 4.74 Å². The van der Waals surface area contributed by atoms with Crippen molar-refractivity contribution in [2.75, 3.05) is 7.11 Å². The predicted octanol–water partition coefficient (Wildman–Crippen LogP) is 5.17. The molecule has 1 nitrogen and oxygen atoms in total. The Hall–Kier alpha value is -1.06. The van der Waals surface area contributed by atoms with Crippen molar-refractivity contribution in [1.82, 2.24) is 0 Å². The third kappa shape index (κ3) is 3.48. The van der Waals surface area contributed by atoms with Crippen LogP contribution in [0.15, 0.2) is 42.5 Å². The summed E-state index contributed by atoms with van der Waals surface area (Å²) in [6.45, 7) is 0. The Kier molecular flexibility index (Phi) is 4.83. The second kappa shape index (κ2) is 6.40. The zero-order valence-electron chi connectivity index (χ0n) is 10.4. The Morgan fingerprint density at radius 2 is 2.00 bits per heavy atom. The molecule has 1 atom stereocenters. The number of ether oxygens (including phenoxy) is 1. The Morgan fingerprint density at radius 3 is 2.68 bits per heavy atom. The average Bonchev–Trinajstić information content (AvgIpc) is 2.43. The molecule has 2 aromatic rings. The van der Waals surface area contributed by atoms with Crippen LogP contribution >= 0.6 is 27.5 Å². The molecule has 2 aromatic carbocycles. The molecule has 4 heteroatoms. The van der Waals surface area contributed by atoms with Crippen molar-refractivity contribution < 1.29 is 9.13 Å². The summed E-state index contributed by atoms with van der Waals surface area (Å²) in [7, 11) is 1.62. The fraction of sp³-hybridized carbons (Fsp3) is 0.200. The molecule has 1 unspecified atom stereocenters. The van der Waals surface area contributed by atoms with Crippen molar-refractivity contribution in [1.29, 1.82) is 0 Å². The molecule has 19 heavy (non-hydrogen) atoms. The standard InChI is InChI=1S/C15H13BrClFO/c1-19-11-5-2-4-10(8-11)13(16)9-12-14(17)6-3-7-15(12)18/h2-8,13H,9H2,1H3. The van der Waals surface area contributed by atoms with Crippen molar-refractivity contribution in [3.63, 3.8) is 0 Å². The summed E-state index contributed by atoms with van der Waals surface area (Å²) in [6, 6.07) is 12.4. The minimum Gasteiger partial charge on any atom is -0.497 e. The lowest BCUT2D eigenvalue weighted by Gasteiger charge is -2.13. The van der Waals surface area contributed by atoms with E-state index in [0.717, 1.165) is 11.3 Å². The van der Waals surface area contributed by atoms with Crippen LogP contribution in [-0.4, -0.2) is 7.11 Å². The van der Waals surface area contributed by atoms with Gasteiger partial charge in [-0.2, -0.15) is 0 Å². The molecule has 0 aromatic heterocycles. The van der Waals surface area contributed by atoms with Gasteiger partial charge in [0.05, 0.1) is 7.11 Å². The predicted molar refractivity (Wildman–Crippen MR) is 79.8 cm³/mol. The number of hydrogen-bond donors (Lipinski definition) is 0. The molecule has 2 rings (SSSR count). The SMILES string of the molecule is COc1cccc(C(Br)Cc2c(F)cccc2Cl)c1. The molecule has 100 valence electrons. The van der Waals surface area contributed by atoms with Crippen LogP contribution in [0, 0.1) is 5.82 Å². The quantitative estimate of drug-likeness (QED) is 0.696. The molecular formula is C15H13BrClFO. The van der Waals surface area contributed by atoms with Gasteiger partial charge in [-0.25, -0.2) is 4.39 Å². The Labute approximate surface area is 125 Å². The van der Waals surface area contributed by atoms with Crippen LogP contribution < -0.4 is 4.74 Å².